The molecule has 2 heterocycles. The first-order valence-corrected chi connectivity index (χ1v) is 12.0. The van der Waals surface area contributed by atoms with E-state index in [1.54, 1.807) is 12.3 Å². The Kier molecular flexibility index (Phi) is 8.21. The smallest absolute Gasteiger partial charge is 0.495 e. The number of aromatic nitrogens is 2. The predicted octanol–water partition coefficient (Wildman–Crippen LogP) is 4.89. The number of benzene rings is 1. The van der Waals surface area contributed by atoms with E-state index >= 15 is 0 Å². The number of halogens is 3. The molecule has 196 valence electrons. The van der Waals surface area contributed by atoms with Crippen molar-refractivity contribution in [3.8, 4) is 17.4 Å². The van der Waals surface area contributed by atoms with Crippen molar-refractivity contribution in [3.05, 3.63) is 30.5 Å². The molecule has 2 aliphatic rings. The van der Waals surface area contributed by atoms with E-state index in [0.29, 0.717) is 24.7 Å². The maximum atomic E-state index is 12.5. The SMILES string of the molecule is COc1ccc(OC(F)(F)F)cc1NC(=O)NC1CCC(Oc2ccnc(N3CCCCC3)n2)CC1. The standard InChI is InChI=1S/C24H30F3N5O4/c1-34-20-10-9-18(36-24(25,26)27)15-19(20)30-23(33)29-16-5-7-17(8-6-16)35-21-11-12-28-22(31-21)32-13-3-2-4-14-32/h9-12,15-17H,2-8,13-14H2,1H3,(H2,29,30,33). The van der Waals surface area contributed by atoms with Crippen LogP contribution in [-0.2, 0) is 0 Å². The Morgan fingerprint density at radius 2 is 1.83 bits per heavy atom. The molecule has 1 saturated carbocycles. The van der Waals surface area contributed by atoms with Crippen molar-refractivity contribution in [3.63, 3.8) is 0 Å². The van der Waals surface area contributed by atoms with Gasteiger partial charge < -0.3 is 29.7 Å². The van der Waals surface area contributed by atoms with Crippen LogP contribution in [0.1, 0.15) is 44.9 Å². The molecular weight excluding hydrogens is 479 g/mol. The molecule has 0 atom stereocenters. The molecule has 12 heteroatoms. The number of urea groups is 1. The van der Waals surface area contributed by atoms with Gasteiger partial charge in [0.2, 0.25) is 11.8 Å². The summed E-state index contributed by atoms with van der Waals surface area (Å²) in [6.07, 6.45) is 3.20. The van der Waals surface area contributed by atoms with Gasteiger partial charge in [-0.1, -0.05) is 0 Å². The zero-order valence-electron chi connectivity index (χ0n) is 20.0. The summed E-state index contributed by atoms with van der Waals surface area (Å²) in [6, 6.07) is 4.60. The van der Waals surface area contributed by atoms with Crippen LogP contribution in [0.5, 0.6) is 17.4 Å². The second-order valence-electron chi connectivity index (χ2n) is 8.84. The Hall–Kier alpha value is -3.44. The molecule has 0 spiro atoms. The fourth-order valence-electron chi connectivity index (χ4n) is 4.47. The van der Waals surface area contributed by atoms with E-state index in [0.717, 1.165) is 50.9 Å². The molecule has 0 radical (unpaired) electrons. The second kappa shape index (κ2) is 11.5. The fraction of sp³-hybridized carbons (Fsp3) is 0.542. The first-order valence-electron chi connectivity index (χ1n) is 12.0. The van der Waals surface area contributed by atoms with Gasteiger partial charge in [-0.3, -0.25) is 0 Å². The minimum Gasteiger partial charge on any atom is -0.495 e. The Balaban J connectivity index is 1.26. The number of hydrogen-bond donors (Lipinski definition) is 2. The highest BCUT2D eigenvalue weighted by Crippen LogP contribution is 2.32. The van der Waals surface area contributed by atoms with E-state index < -0.39 is 18.1 Å². The van der Waals surface area contributed by atoms with E-state index in [1.165, 1.54) is 19.6 Å². The van der Waals surface area contributed by atoms with Crippen LogP contribution in [0.3, 0.4) is 0 Å². The summed E-state index contributed by atoms with van der Waals surface area (Å²) < 4.78 is 52.7. The predicted molar refractivity (Wildman–Crippen MR) is 127 cm³/mol. The van der Waals surface area contributed by atoms with Crippen molar-refractivity contribution in [1.82, 2.24) is 15.3 Å². The summed E-state index contributed by atoms with van der Waals surface area (Å²) in [7, 11) is 1.36. The zero-order chi connectivity index (χ0) is 25.5. The number of carbonyl (C=O) groups excluding carboxylic acids is 1. The third-order valence-electron chi connectivity index (χ3n) is 6.21. The number of carbonyl (C=O) groups is 1. The van der Waals surface area contributed by atoms with Crippen LogP contribution in [0.25, 0.3) is 0 Å². The highest BCUT2D eigenvalue weighted by atomic mass is 19.4. The molecule has 1 aliphatic carbocycles. The molecule has 2 amide bonds. The number of rotatable bonds is 7. The first kappa shape index (κ1) is 25.6. The van der Waals surface area contributed by atoms with Gasteiger partial charge in [0.15, 0.2) is 0 Å². The fourth-order valence-corrected chi connectivity index (χ4v) is 4.47. The van der Waals surface area contributed by atoms with Crippen molar-refractivity contribution in [2.75, 3.05) is 30.4 Å². The van der Waals surface area contributed by atoms with Gasteiger partial charge in [0.05, 0.1) is 12.8 Å². The lowest BCUT2D eigenvalue weighted by molar-refractivity contribution is -0.274. The van der Waals surface area contributed by atoms with Crippen LogP contribution in [-0.4, -0.2) is 54.7 Å². The number of amides is 2. The van der Waals surface area contributed by atoms with E-state index in [1.807, 2.05) is 0 Å². The number of nitrogens with zero attached hydrogens (tertiary/aromatic N) is 3. The van der Waals surface area contributed by atoms with Crippen LogP contribution in [0, 0.1) is 0 Å². The Bertz CT molecular complexity index is 1030. The van der Waals surface area contributed by atoms with Crippen LogP contribution in [0.4, 0.5) is 29.6 Å². The van der Waals surface area contributed by atoms with Crippen LogP contribution >= 0.6 is 0 Å². The average Bonchev–Trinajstić information content (AvgIpc) is 2.85. The van der Waals surface area contributed by atoms with E-state index in [2.05, 4.69) is 30.2 Å². The van der Waals surface area contributed by atoms with E-state index in [4.69, 9.17) is 9.47 Å². The minimum atomic E-state index is -4.84. The van der Waals surface area contributed by atoms with Crippen molar-refractivity contribution in [2.24, 2.45) is 0 Å². The summed E-state index contributed by atoms with van der Waals surface area (Å²) in [4.78, 5) is 23.6. The zero-order valence-corrected chi connectivity index (χ0v) is 20.0. The molecule has 1 aromatic carbocycles. The molecule has 2 N–H and O–H groups in total. The molecular formula is C24H30F3N5O4. The summed E-state index contributed by atoms with van der Waals surface area (Å²) in [5.41, 5.74) is 0.0713. The van der Waals surface area contributed by atoms with Crippen molar-refractivity contribution in [1.29, 1.82) is 0 Å². The van der Waals surface area contributed by atoms with Gasteiger partial charge >= 0.3 is 12.4 Å². The summed E-state index contributed by atoms with van der Waals surface area (Å²) in [5, 5.41) is 5.41. The van der Waals surface area contributed by atoms with Crippen LogP contribution in [0.15, 0.2) is 30.5 Å². The Morgan fingerprint density at radius 3 is 2.53 bits per heavy atom. The molecule has 2 aromatic rings. The molecule has 9 nitrogen and oxygen atoms in total. The molecule has 1 aliphatic heterocycles. The largest absolute Gasteiger partial charge is 0.573 e. The highest BCUT2D eigenvalue weighted by molar-refractivity contribution is 5.91. The number of anilines is 2. The summed E-state index contributed by atoms with van der Waals surface area (Å²) in [6.45, 7) is 1.90. The number of hydrogen-bond acceptors (Lipinski definition) is 7. The van der Waals surface area contributed by atoms with Gasteiger partial charge in [-0.05, 0) is 57.1 Å². The summed E-state index contributed by atoms with van der Waals surface area (Å²) >= 11 is 0. The molecule has 36 heavy (non-hydrogen) atoms. The number of nitrogens with one attached hydrogen (secondary N) is 2. The van der Waals surface area contributed by atoms with E-state index in [-0.39, 0.29) is 23.6 Å². The van der Waals surface area contributed by atoms with E-state index in [9.17, 15) is 18.0 Å². The van der Waals surface area contributed by atoms with Crippen molar-refractivity contribution in [2.45, 2.75) is 63.5 Å². The van der Waals surface area contributed by atoms with Gasteiger partial charge in [0.1, 0.15) is 17.6 Å². The lowest BCUT2D eigenvalue weighted by Crippen LogP contribution is -2.41. The molecule has 0 bridgehead atoms. The monoisotopic (exact) mass is 509 g/mol. The highest BCUT2D eigenvalue weighted by Gasteiger charge is 2.31. The molecule has 1 saturated heterocycles. The first-order chi connectivity index (χ1) is 17.3. The molecule has 4 rings (SSSR count). The molecule has 0 unspecified atom stereocenters. The maximum absolute atomic E-state index is 12.5. The van der Waals surface area contributed by atoms with Crippen molar-refractivity contribution >= 4 is 17.7 Å². The van der Waals surface area contributed by atoms with Gasteiger partial charge in [0, 0.05) is 37.5 Å². The number of alkyl halides is 3. The third-order valence-corrected chi connectivity index (χ3v) is 6.21. The Morgan fingerprint density at radius 1 is 1.08 bits per heavy atom. The average molecular weight is 510 g/mol. The number of methoxy groups -OCH3 is 1. The van der Waals surface area contributed by atoms with Crippen LogP contribution in [0.2, 0.25) is 0 Å². The summed E-state index contributed by atoms with van der Waals surface area (Å²) in [5.74, 6) is 1.00. The number of ether oxygens (including phenoxy) is 3. The van der Waals surface area contributed by atoms with Gasteiger partial charge in [-0.15, -0.1) is 13.2 Å². The van der Waals surface area contributed by atoms with Gasteiger partial charge in [-0.25, -0.2) is 9.78 Å². The third kappa shape index (κ3) is 7.28. The normalized spacial score (nSPS) is 20.4. The molecule has 2 fully saturated rings. The quantitative estimate of drug-likeness (QED) is 0.549. The lowest BCUT2D eigenvalue weighted by Gasteiger charge is -2.30. The van der Waals surface area contributed by atoms with Crippen LogP contribution < -0.4 is 29.7 Å². The number of piperidine rings is 1. The van der Waals surface area contributed by atoms with Gasteiger partial charge in [0.25, 0.3) is 0 Å². The second-order valence-corrected chi connectivity index (χ2v) is 8.84. The van der Waals surface area contributed by atoms with Crippen molar-refractivity contribution < 1.29 is 32.2 Å². The molecule has 1 aromatic heterocycles. The minimum absolute atomic E-state index is 0.0218. The Labute approximate surface area is 207 Å². The van der Waals surface area contributed by atoms with Gasteiger partial charge in [-0.2, -0.15) is 4.98 Å². The lowest BCUT2D eigenvalue weighted by atomic mass is 9.93. The topological polar surface area (TPSA) is 97.8 Å². The maximum Gasteiger partial charge on any atom is 0.573 e.